The van der Waals surface area contributed by atoms with Crippen molar-refractivity contribution in [3.8, 4) is 0 Å². The molecule has 1 aromatic carbocycles. The minimum atomic E-state index is -0.656. The maximum absolute atomic E-state index is 12.0. The Labute approximate surface area is 130 Å². The molecule has 0 saturated heterocycles. The molecule has 0 aromatic heterocycles. The quantitative estimate of drug-likeness (QED) is 0.745. The topological polar surface area (TPSA) is 38.3 Å². The first kappa shape index (κ1) is 17.3. The summed E-state index contributed by atoms with van der Waals surface area (Å²) in [5.41, 5.74) is 0.429. The number of rotatable bonds is 8. The van der Waals surface area contributed by atoms with E-state index in [1.54, 1.807) is 11.8 Å². The van der Waals surface area contributed by atoms with Crippen LogP contribution < -0.4 is 5.32 Å². The van der Waals surface area contributed by atoms with Crippen molar-refractivity contribution < 1.29 is 9.53 Å². The van der Waals surface area contributed by atoms with Crippen molar-refractivity contribution in [1.29, 1.82) is 0 Å². The van der Waals surface area contributed by atoms with Gasteiger partial charge in [-0.25, -0.2) is 0 Å². The molecule has 1 aromatic rings. The Hall–Kier alpha value is -0.710. The van der Waals surface area contributed by atoms with E-state index in [1.807, 2.05) is 45.0 Å². The Bertz CT molecular complexity index is 442. The second-order valence-corrected chi connectivity index (χ2v) is 6.06. The zero-order valence-corrected chi connectivity index (χ0v) is 13.8. The molecule has 0 spiro atoms. The van der Waals surface area contributed by atoms with E-state index in [4.69, 9.17) is 16.3 Å². The molecule has 1 N–H and O–H groups in total. The van der Waals surface area contributed by atoms with Gasteiger partial charge in [0.15, 0.2) is 0 Å². The van der Waals surface area contributed by atoms with Gasteiger partial charge in [-0.15, -0.1) is 0 Å². The van der Waals surface area contributed by atoms with Gasteiger partial charge in [0, 0.05) is 16.5 Å². The molecule has 0 aliphatic heterocycles. The van der Waals surface area contributed by atoms with Gasteiger partial charge >= 0.3 is 5.97 Å². The van der Waals surface area contributed by atoms with E-state index in [-0.39, 0.29) is 5.97 Å². The van der Waals surface area contributed by atoms with E-state index in [0.717, 1.165) is 22.9 Å². The lowest BCUT2D eigenvalue weighted by Gasteiger charge is -2.27. The van der Waals surface area contributed by atoms with Crippen LogP contribution in [0.2, 0.25) is 5.02 Å². The molecule has 0 saturated carbocycles. The van der Waals surface area contributed by atoms with Crippen LogP contribution >= 0.6 is 23.4 Å². The summed E-state index contributed by atoms with van der Waals surface area (Å²) in [5.74, 6) is 1.22. The van der Waals surface area contributed by atoms with Gasteiger partial charge in [-0.3, -0.25) is 4.79 Å². The summed E-state index contributed by atoms with van der Waals surface area (Å²) >= 11 is 7.80. The number of esters is 1. The second kappa shape index (κ2) is 8.55. The first-order valence-electron chi connectivity index (χ1n) is 6.77. The normalized spacial score (nSPS) is 13.8. The average Bonchev–Trinajstić information content (AvgIpc) is 2.41. The molecule has 0 amide bonds. The number of nitrogens with one attached hydrogen (secondary N) is 1. The number of ether oxygens (including phenoxy) is 1. The van der Waals surface area contributed by atoms with Crippen LogP contribution in [0.15, 0.2) is 24.3 Å². The fraction of sp³-hybridized carbons (Fsp3) is 0.533. The molecular weight excluding hydrogens is 294 g/mol. The maximum atomic E-state index is 12.0. The van der Waals surface area contributed by atoms with Crippen LogP contribution in [-0.2, 0) is 15.3 Å². The van der Waals surface area contributed by atoms with Crippen LogP contribution in [0.25, 0.3) is 0 Å². The summed E-state index contributed by atoms with van der Waals surface area (Å²) in [6.45, 7) is 6.81. The molecule has 0 bridgehead atoms. The SMILES string of the molecule is CCNC(C)(CSCc1ccccc1Cl)C(=O)OCC. The summed E-state index contributed by atoms with van der Waals surface area (Å²) in [6, 6.07) is 7.77. The summed E-state index contributed by atoms with van der Waals surface area (Å²) < 4.78 is 5.15. The Morgan fingerprint density at radius 2 is 2.10 bits per heavy atom. The molecule has 20 heavy (non-hydrogen) atoms. The third-order valence-corrected chi connectivity index (χ3v) is 4.56. The second-order valence-electron chi connectivity index (χ2n) is 4.67. The molecule has 112 valence electrons. The third kappa shape index (κ3) is 5.00. The summed E-state index contributed by atoms with van der Waals surface area (Å²) in [7, 11) is 0. The van der Waals surface area contributed by atoms with E-state index in [2.05, 4.69) is 5.32 Å². The smallest absolute Gasteiger partial charge is 0.326 e. The molecular formula is C15H22ClNO2S. The number of hydrogen-bond donors (Lipinski definition) is 1. The van der Waals surface area contributed by atoms with Crippen LogP contribution in [0, 0.1) is 0 Å². The average molecular weight is 316 g/mol. The minimum absolute atomic E-state index is 0.200. The Balaban J connectivity index is 2.59. The lowest BCUT2D eigenvalue weighted by Crippen LogP contribution is -2.52. The standard InChI is InChI=1S/C15H22ClNO2S/c1-4-17-15(3,14(18)19-5-2)11-20-10-12-8-6-7-9-13(12)16/h6-9,17H,4-5,10-11H2,1-3H3. The zero-order valence-electron chi connectivity index (χ0n) is 12.2. The number of carbonyl (C=O) groups excluding carboxylic acids is 1. The molecule has 0 fully saturated rings. The van der Waals surface area contributed by atoms with E-state index >= 15 is 0 Å². The molecule has 0 heterocycles. The highest BCUT2D eigenvalue weighted by molar-refractivity contribution is 7.98. The maximum Gasteiger partial charge on any atom is 0.326 e. The van der Waals surface area contributed by atoms with Gasteiger partial charge in [-0.1, -0.05) is 36.7 Å². The highest BCUT2D eigenvalue weighted by Crippen LogP contribution is 2.24. The summed E-state index contributed by atoms with van der Waals surface area (Å²) in [4.78, 5) is 12.0. The first-order valence-corrected chi connectivity index (χ1v) is 8.30. The van der Waals surface area contributed by atoms with Crippen molar-refractivity contribution in [2.45, 2.75) is 32.1 Å². The molecule has 1 atom stereocenters. The number of likely N-dealkylation sites (N-methyl/N-ethyl adjacent to an activating group) is 1. The molecule has 5 heteroatoms. The number of hydrogen-bond acceptors (Lipinski definition) is 4. The van der Waals surface area contributed by atoms with Gasteiger partial charge in [0.1, 0.15) is 5.54 Å². The van der Waals surface area contributed by atoms with Gasteiger partial charge in [-0.2, -0.15) is 11.8 Å². The van der Waals surface area contributed by atoms with Crippen molar-refractivity contribution in [1.82, 2.24) is 5.32 Å². The minimum Gasteiger partial charge on any atom is -0.465 e. The van der Waals surface area contributed by atoms with Gasteiger partial charge in [-0.05, 0) is 32.0 Å². The van der Waals surface area contributed by atoms with Gasteiger partial charge in [0.25, 0.3) is 0 Å². The van der Waals surface area contributed by atoms with E-state index in [9.17, 15) is 4.79 Å². The zero-order chi connectivity index (χ0) is 15.0. The van der Waals surface area contributed by atoms with Crippen LogP contribution in [-0.4, -0.2) is 30.4 Å². The van der Waals surface area contributed by atoms with Crippen molar-refractivity contribution in [3.05, 3.63) is 34.9 Å². The van der Waals surface area contributed by atoms with Gasteiger partial charge in [0.05, 0.1) is 6.61 Å². The molecule has 0 aliphatic carbocycles. The third-order valence-electron chi connectivity index (χ3n) is 2.90. The Morgan fingerprint density at radius 3 is 2.70 bits per heavy atom. The highest BCUT2D eigenvalue weighted by atomic mass is 35.5. The van der Waals surface area contributed by atoms with Crippen molar-refractivity contribution in [3.63, 3.8) is 0 Å². The van der Waals surface area contributed by atoms with Gasteiger partial charge in [0.2, 0.25) is 0 Å². The van der Waals surface area contributed by atoms with Crippen molar-refractivity contribution in [2.24, 2.45) is 0 Å². The van der Waals surface area contributed by atoms with Crippen LogP contribution in [0.1, 0.15) is 26.3 Å². The van der Waals surface area contributed by atoms with Crippen LogP contribution in [0.4, 0.5) is 0 Å². The molecule has 1 rings (SSSR count). The highest BCUT2D eigenvalue weighted by Gasteiger charge is 2.33. The largest absolute Gasteiger partial charge is 0.465 e. The number of halogens is 1. The molecule has 1 unspecified atom stereocenters. The Kier molecular flexibility index (Phi) is 7.41. The van der Waals surface area contributed by atoms with Crippen molar-refractivity contribution in [2.75, 3.05) is 18.9 Å². The predicted molar refractivity (Wildman–Crippen MR) is 86.3 cm³/mol. The van der Waals surface area contributed by atoms with E-state index < -0.39 is 5.54 Å². The van der Waals surface area contributed by atoms with Gasteiger partial charge < -0.3 is 10.1 Å². The monoisotopic (exact) mass is 315 g/mol. The lowest BCUT2D eigenvalue weighted by atomic mass is 10.1. The summed E-state index contributed by atoms with van der Waals surface area (Å²) in [5, 5.41) is 3.98. The number of thioether (sulfide) groups is 1. The number of carbonyl (C=O) groups is 1. The first-order chi connectivity index (χ1) is 9.53. The lowest BCUT2D eigenvalue weighted by molar-refractivity contribution is -0.149. The summed E-state index contributed by atoms with van der Waals surface area (Å²) in [6.07, 6.45) is 0. The molecule has 3 nitrogen and oxygen atoms in total. The predicted octanol–water partition coefficient (Wildman–Crippen LogP) is 3.50. The molecule has 0 radical (unpaired) electrons. The fourth-order valence-corrected chi connectivity index (χ4v) is 3.33. The van der Waals surface area contributed by atoms with E-state index in [0.29, 0.717) is 12.4 Å². The Morgan fingerprint density at radius 1 is 1.40 bits per heavy atom. The number of benzene rings is 1. The molecule has 0 aliphatic rings. The van der Waals surface area contributed by atoms with E-state index in [1.165, 1.54) is 0 Å². The fourth-order valence-electron chi connectivity index (χ4n) is 1.84. The van der Waals surface area contributed by atoms with Crippen molar-refractivity contribution >= 4 is 29.3 Å². The van der Waals surface area contributed by atoms with Crippen LogP contribution in [0.3, 0.4) is 0 Å². The van der Waals surface area contributed by atoms with Crippen LogP contribution in [0.5, 0.6) is 0 Å².